The molecule has 0 aliphatic heterocycles. The molecule has 1 N–H and O–H groups in total. The van der Waals surface area contributed by atoms with E-state index in [0.717, 1.165) is 5.56 Å². The first kappa shape index (κ1) is 15.0. The van der Waals surface area contributed by atoms with Crippen LogP contribution in [0.1, 0.15) is 52.0 Å². The minimum Gasteiger partial charge on any atom is -0.444 e. The Morgan fingerprint density at radius 3 is 2.33 bits per heavy atom. The van der Waals surface area contributed by atoms with Crippen molar-refractivity contribution in [3.8, 4) is 0 Å². The number of carbonyl (C=O) groups excluding carboxylic acids is 1. The highest BCUT2D eigenvalue weighted by atomic mass is 32.1. The lowest BCUT2D eigenvalue weighted by Crippen LogP contribution is -2.32. The normalized spacial score (nSPS) is 12.3. The van der Waals surface area contributed by atoms with Crippen molar-refractivity contribution in [2.24, 2.45) is 0 Å². The average Bonchev–Trinajstić information content (AvgIpc) is 2.59. The van der Waals surface area contributed by atoms with E-state index in [2.05, 4.69) is 37.5 Å². The summed E-state index contributed by atoms with van der Waals surface area (Å²) in [6.07, 6.45) is -0.369. The predicted octanol–water partition coefficient (Wildman–Crippen LogP) is 4.07. The van der Waals surface area contributed by atoms with E-state index in [4.69, 9.17) is 4.74 Å². The fourth-order valence-electron chi connectivity index (χ4n) is 1.35. The molecule has 1 heterocycles. The number of nitrogens with one attached hydrogen (secondary N) is 1. The van der Waals surface area contributed by atoms with Crippen molar-refractivity contribution in [3.05, 3.63) is 21.9 Å². The topological polar surface area (TPSA) is 38.3 Å². The van der Waals surface area contributed by atoms with Crippen LogP contribution in [0.3, 0.4) is 0 Å². The fraction of sp³-hybridized carbons (Fsp3) is 0.643. The summed E-state index contributed by atoms with van der Waals surface area (Å²) in [5, 5.41) is 4.85. The van der Waals surface area contributed by atoms with Gasteiger partial charge in [-0.3, -0.25) is 0 Å². The lowest BCUT2D eigenvalue weighted by Gasteiger charge is -2.19. The van der Waals surface area contributed by atoms with E-state index in [9.17, 15) is 4.79 Å². The van der Waals surface area contributed by atoms with E-state index < -0.39 is 5.60 Å². The highest BCUT2D eigenvalue weighted by Crippen LogP contribution is 2.28. The molecule has 0 radical (unpaired) electrons. The highest BCUT2D eigenvalue weighted by Gasteiger charge is 2.18. The third-order valence-corrected chi connectivity index (χ3v) is 3.63. The first-order valence-corrected chi connectivity index (χ1v) is 7.00. The first-order valence-electron chi connectivity index (χ1n) is 6.13. The number of rotatable bonds is 2. The molecule has 0 saturated carbocycles. The molecule has 0 unspecified atom stereocenters. The van der Waals surface area contributed by atoms with E-state index in [-0.39, 0.29) is 11.5 Å². The summed E-state index contributed by atoms with van der Waals surface area (Å²) in [5.74, 6) is 0. The van der Waals surface area contributed by atoms with Crippen LogP contribution in [0.4, 0.5) is 4.79 Å². The van der Waals surface area contributed by atoms with Crippen LogP contribution < -0.4 is 5.32 Å². The van der Waals surface area contributed by atoms with Gasteiger partial charge < -0.3 is 10.1 Å². The summed E-state index contributed by atoms with van der Waals surface area (Å²) in [4.78, 5) is 12.8. The van der Waals surface area contributed by atoms with Gasteiger partial charge in [-0.1, -0.05) is 20.8 Å². The number of alkyl carbamates (subject to hydrolysis) is 1. The third kappa shape index (κ3) is 5.08. The zero-order valence-corrected chi connectivity index (χ0v) is 12.9. The van der Waals surface area contributed by atoms with Crippen LogP contribution in [0.25, 0.3) is 0 Å². The van der Waals surface area contributed by atoms with E-state index in [0.29, 0.717) is 6.54 Å². The second kappa shape index (κ2) is 5.31. The van der Waals surface area contributed by atoms with E-state index in [1.807, 2.05) is 20.8 Å². The lowest BCUT2D eigenvalue weighted by atomic mass is 9.94. The zero-order chi connectivity index (χ0) is 14.0. The third-order valence-electron chi connectivity index (χ3n) is 2.23. The first-order chi connectivity index (χ1) is 8.08. The van der Waals surface area contributed by atoms with Crippen molar-refractivity contribution in [2.45, 2.75) is 59.1 Å². The van der Waals surface area contributed by atoms with Gasteiger partial charge in [-0.15, -0.1) is 11.3 Å². The largest absolute Gasteiger partial charge is 0.444 e. The standard InChI is InChI=1S/C14H23NO2S/c1-13(2,3)11-7-10(9-18-11)8-15-12(16)17-14(4,5)6/h7,9H,8H2,1-6H3,(H,15,16). The maximum atomic E-state index is 11.5. The van der Waals surface area contributed by atoms with E-state index in [1.54, 1.807) is 11.3 Å². The molecule has 0 aliphatic rings. The molecular formula is C14H23NO2S. The maximum absolute atomic E-state index is 11.5. The van der Waals surface area contributed by atoms with Crippen LogP contribution >= 0.6 is 11.3 Å². The monoisotopic (exact) mass is 269 g/mol. The Kier molecular flexibility index (Phi) is 4.43. The van der Waals surface area contributed by atoms with Crippen molar-refractivity contribution in [2.75, 3.05) is 0 Å². The molecule has 18 heavy (non-hydrogen) atoms. The summed E-state index contributed by atoms with van der Waals surface area (Å²) < 4.78 is 5.19. The zero-order valence-electron chi connectivity index (χ0n) is 12.1. The molecule has 4 heteroatoms. The van der Waals surface area contributed by atoms with Gasteiger partial charge in [0.25, 0.3) is 0 Å². The van der Waals surface area contributed by atoms with Gasteiger partial charge in [0.1, 0.15) is 5.60 Å². The SMILES string of the molecule is CC(C)(C)OC(=O)NCc1csc(C(C)(C)C)c1. The van der Waals surface area contributed by atoms with Gasteiger partial charge in [-0.05, 0) is 43.2 Å². The molecule has 0 spiro atoms. The number of thiophene rings is 1. The van der Waals surface area contributed by atoms with Crippen LogP contribution in [0.2, 0.25) is 0 Å². The second-order valence-corrected chi connectivity index (χ2v) is 7.34. The van der Waals surface area contributed by atoms with Gasteiger partial charge >= 0.3 is 6.09 Å². The molecule has 1 rings (SSSR count). The van der Waals surface area contributed by atoms with Crippen LogP contribution in [-0.2, 0) is 16.7 Å². The Balaban J connectivity index is 2.50. The minimum absolute atomic E-state index is 0.162. The quantitative estimate of drug-likeness (QED) is 0.879. The predicted molar refractivity (Wildman–Crippen MR) is 76.1 cm³/mol. The highest BCUT2D eigenvalue weighted by molar-refractivity contribution is 7.10. The Bertz CT molecular complexity index is 410. The van der Waals surface area contributed by atoms with Crippen molar-refractivity contribution in [1.29, 1.82) is 0 Å². The summed E-state index contributed by atoms with van der Waals surface area (Å²) in [6.45, 7) is 12.6. The van der Waals surface area contributed by atoms with Crippen LogP contribution in [-0.4, -0.2) is 11.7 Å². The summed E-state index contributed by atoms with van der Waals surface area (Å²) in [7, 11) is 0. The Morgan fingerprint density at radius 2 is 1.89 bits per heavy atom. The van der Waals surface area contributed by atoms with E-state index in [1.165, 1.54) is 4.88 Å². The molecular weight excluding hydrogens is 246 g/mol. The minimum atomic E-state index is -0.449. The van der Waals surface area contributed by atoms with Crippen molar-refractivity contribution < 1.29 is 9.53 Å². The van der Waals surface area contributed by atoms with Gasteiger partial charge in [0.05, 0.1) is 0 Å². The Morgan fingerprint density at radius 1 is 1.28 bits per heavy atom. The molecule has 0 bridgehead atoms. The van der Waals surface area contributed by atoms with Crippen molar-refractivity contribution in [1.82, 2.24) is 5.32 Å². The molecule has 0 fully saturated rings. The lowest BCUT2D eigenvalue weighted by molar-refractivity contribution is 0.0523. The van der Waals surface area contributed by atoms with Gasteiger partial charge in [0.2, 0.25) is 0 Å². The van der Waals surface area contributed by atoms with Gasteiger partial charge in [-0.25, -0.2) is 4.79 Å². The summed E-state index contributed by atoms with van der Waals surface area (Å²) in [6, 6.07) is 2.14. The second-order valence-electron chi connectivity index (χ2n) is 6.42. The number of hydrogen-bond acceptors (Lipinski definition) is 3. The number of hydrogen-bond donors (Lipinski definition) is 1. The summed E-state index contributed by atoms with van der Waals surface area (Å²) >= 11 is 1.73. The van der Waals surface area contributed by atoms with Gasteiger partial charge in [0.15, 0.2) is 0 Å². The summed E-state index contributed by atoms with van der Waals surface area (Å²) in [5.41, 5.74) is 0.834. The van der Waals surface area contributed by atoms with Gasteiger partial charge in [-0.2, -0.15) is 0 Å². The van der Waals surface area contributed by atoms with Gasteiger partial charge in [0, 0.05) is 11.4 Å². The molecule has 0 aliphatic carbocycles. The van der Waals surface area contributed by atoms with Crippen LogP contribution in [0.5, 0.6) is 0 Å². The molecule has 1 aromatic rings. The van der Waals surface area contributed by atoms with Crippen LogP contribution in [0.15, 0.2) is 11.4 Å². The molecule has 102 valence electrons. The molecule has 0 atom stereocenters. The smallest absolute Gasteiger partial charge is 0.407 e. The molecule has 1 aromatic heterocycles. The number of ether oxygens (including phenoxy) is 1. The molecule has 0 aromatic carbocycles. The fourth-order valence-corrected chi connectivity index (χ4v) is 2.35. The molecule has 0 saturated heterocycles. The molecule has 3 nitrogen and oxygen atoms in total. The Labute approximate surface area is 114 Å². The number of amides is 1. The maximum Gasteiger partial charge on any atom is 0.407 e. The van der Waals surface area contributed by atoms with Crippen LogP contribution in [0, 0.1) is 0 Å². The molecule has 1 amide bonds. The van der Waals surface area contributed by atoms with Crippen molar-refractivity contribution in [3.63, 3.8) is 0 Å². The Hall–Kier alpha value is -1.03. The van der Waals surface area contributed by atoms with E-state index >= 15 is 0 Å². The average molecular weight is 269 g/mol. The van der Waals surface area contributed by atoms with Crippen molar-refractivity contribution >= 4 is 17.4 Å². The number of carbonyl (C=O) groups is 1.